The number of hydrogen-bond acceptors (Lipinski definition) is 4. The van der Waals surface area contributed by atoms with Gasteiger partial charge < -0.3 is 5.11 Å². The van der Waals surface area contributed by atoms with Crippen molar-refractivity contribution in [3.63, 3.8) is 0 Å². The Labute approximate surface area is 186 Å². The molecule has 4 fully saturated rings. The zero-order valence-corrected chi connectivity index (χ0v) is 19.1. The van der Waals surface area contributed by atoms with Crippen molar-refractivity contribution in [2.75, 3.05) is 0 Å². The number of aromatic nitrogens is 2. The van der Waals surface area contributed by atoms with Crippen LogP contribution in [0.4, 0.5) is 0 Å². The second-order valence-electron chi connectivity index (χ2n) is 11.7. The SMILES string of the molecule is C[C@@]1(O)CC[C@H]2[C@H](CC[C@@H]3[C@@H]2CC[C@]2(C)[C@@H](C(=O)CCn4cc(C#N)cn4)CC[C@@H]32)C1. The van der Waals surface area contributed by atoms with E-state index in [-0.39, 0.29) is 11.3 Å². The number of Topliss-reactive ketones (excluding diaryl/α,β-unsaturated/α-hetero) is 1. The van der Waals surface area contributed by atoms with Gasteiger partial charge in [-0.15, -0.1) is 0 Å². The molecule has 0 spiro atoms. The number of aryl methyl sites for hydroxylation is 1. The van der Waals surface area contributed by atoms with E-state index < -0.39 is 5.60 Å². The third-order valence-electron chi connectivity index (χ3n) is 9.98. The molecule has 0 aromatic carbocycles. The molecule has 1 aromatic rings. The van der Waals surface area contributed by atoms with Gasteiger partial charge in [0.2, 0.25) is 0 Å². The number of aliphatic hydroxyl groups is 1. The van der Waals surface area contributed by atoms with Crippen molar-refractivity contribution in [3.05, 3.63) is 18.0 Å². The van der Waals surface area contributed by atoms with Crippen LogP contribution in [0.2, 0.25) is 0 Å². The summed E-state index contributed by atoms with van der Waals surface area (Å²) in [5, 5.41) is 23.8. The highest BCUT2D eigenvalue weighted by Gasteiger charge is 2.58. The predicted molar refractivity (Wildman–Crippen MR) is 118 cm³/mol. The summed E-state index contributed by atoms with van der Waals surface area (Å²) in [6, 6.07) is 2.10. The van der Waals surface area contributed by atoms with Gasteiger partial charge in [-0.1, -0.05) is 6.92 Å². The van der Waals surface area contributed by atoms with Gasteiger partial charge >= 0.3 is 0 Å². The van der Waals surface area contributed by atoms with Crippen LogP contribution in [0.1, 0.15) is 83.6 Å². The third-order valence-corrected chi connectivity index (χ3v) is 9.98. The number of carbonyl (C=O) groups excluding carboxylic acids is 1. The lowest BCUT2D eigenvalue weighted by molar-refractivity contribution is -0.132. The maximum atomic E-state index is 13.3. The number of nitrogens with zero attached hydrogens (tertiary/aromatic N) is 3. The molecule has 0 radical (unpaired) electrons. The fraction of sp³-hybridized carbons (Fsp3) is 0.808. The highest BCUT2D eigenvalue weighted by Crippen LogP contribution is 2.64. The molecule has 0 saturated heterocycles. The average molecular weight is 424 g/mol. The molecular weight excluding hydrogens is 386 g/mol. The molecule has 1 N–H and O–H groups in total. The summed E-state index contributed by atoms with van der Waals surface area (Å²) in [6.45, 7) is 5.03. The zero-order chi connectivity index (χ0) is 21.8. The maximum absolute atomic E-state index is 13.3. The van der Waals surface area contributed by atoms with E-state index >= 15 is 0 Å². The molecule has 8 atom stereocenters. The summed E-state index contributed by atoms with van der Waals surface area (Å²) in [6.07, 6.45) is 14.3. The summed E-state index contributed by atoms with van der Waals surface area (Å²) in [7, 11) is 0. The molecule has 0 aliphatic heterocycles. The van der Waals surface area contributed by atoms with Gasteiger partial charge in [0.25, 0.3) is 0 Å². The van der Waals surface area contributed by atoms with Crippen LogP contribution in [0, 0.1) is 52.3 Å². The van der Waals surface area contributed by atoms with Crippen LogP contribution in [-0.4, -0.2) is 26.3 Å². The molecule has 31 heavy (non-hydrogen) atoms. The molecule has 4 saturated carbocycles. The van der Waals surface area contributed by atoms with Crippen LogP contribution in [-0.2, 0) is 11.3 Å². The Hall–Kier alpha value is -1.67. The van der Waals surface area contributed by atoms with Crippen molar-refractivity contribution in [1.29, 1.82) is 5.26 Å². The first-order valence-corrected chi connectivity index (χ1v) is 12.5. The summed E-state index contributed by atoms with van der Waals surface area (Å²) >= 11 is 0. The van der Waals surface area contributed by atoms with Crippen LogP contribution in [0.15, 0.2) is 12.4 Å². The fourth-order valence-electron chi connectivity index (χ4n) is 8.55. The molecule has 5 rings (SSSR count). The predicted octanol–water partition coefficient (Wildman–Crippen LogP) is 4.73. The van der Waals surface area contributed by atoms with E-state index in [1.165, 1.54) is 38.5 Å². The number of rotatable bonds is 4. The lowest BCUT2D eigenvalue weighted by Gasteiger charge is -2.56. The van der Waals surface area contributed by atoms with Gasteiger partial charge in [0, 0.05) is 25.1 Å². The highest BCUT2D eigenvalue weighted by atomic mass is 16.3. The van der Waals surface area contributed by atoms with E-state index in [1.807, 2.05) is 6.92 Å². The standard InChI is InChI=1S/C26H37N3O2/c1-25(31)10-7-19-18(13-25)3-4-21-20(19)8-11-26(2)22(21)5-6-23(26)24(30)9-12-29-16-17(14-27)15-28-29/h15-16,18-23,31H,3-13H2,1-2H3/t18-,19+,20-,21-,22+,23-,25-,26+/m1/s1. The number of carbonyl (C=O) groups is 1. The van der Waals surface area contributed by atoms with Gasteiger partial charge in [-0.3, -0.25) is 9.48 Å². The summed E-state index contributed by atoms with van der Waals surface area (Å²) in [5.41, 5.74) is 0.260. The Bertz CT molecular complexity index is 883. The van der Waals surface area contributed by atoms with Gasteiger partial charge in [0.1, 0.15) is 11.9 Å². The first-order chi connectivity index (χ1) is 14.8. The minimum absolute atomic E-state index is 0.160. The Morgan fingerprint density at radius 2 is 1.97 bits per heavy atom. The Kier molecular flexibility index (Phi) is 5.28. The van der Waals surface area contributed by atoms with Crippen LogP contribution < -0.4 is 0 Å². The van der Waals surface area contributed by atoms with Gasteiger partial charge in [-0.25, -0.2) is 0 Å². The van der Waals surface area contributed by atoms with Crippen LogP contribution in [0.3, 0.4) is 0 Å². The van der Waals surface area contributed by atoms with Crippen molar-refractivity contribution in [2.45, 2.75) is 90.2 Å². The van der Waals surface area contributed by atoms with Crippen LogP contribution in [0.25, 0.3) is 0 Å². The van der Waals surface area contributed by atoms with Gasteiger partial charge in [-0.2, -0.15) is 10.4 Å². The van der Waals surface area contributed by atoms with Gasteiger partial charge in [0.05, 0.1) is 17.4 Å². The van der Waals surface area contributed by atoms with Crippen LogP contribution in [0.5, 0.6) is 0 Å². The van der Waals surface area contributed by atoms with E-state index in [0.29, 0.717) is 36.1 Å². The van der Waals surface area contributed by atoms with Crippen molar-refractivity contribution >= 4 is 5.78 Å². The maximum Gasteiger partial charge on any atom is 0.138 e. The van der Waals surface area contributed by atoms with E-state index in [4.69, 9.17) is 5.26 Å². The summed E-state index contributed by atoms with van der Waals surface area (Å²) < 4.78 is 1.74. The lowest BCUT2D eigenvalue weighted by Crippen LogP contribution is -2.51. The van der Waals surface area contributed by atoms with Crippen molar-refractivity contribution in [1.82, 2.24) is 9.78 Å². The molecule has 168 valence electrons. The molecule has 4 aliphatic rings. The number of hydrogen-bond donors (Lipinski definition) is 1. The molecular formula is C26H37N3O2. The Morgan fingerprint density at radius 3 is 2.74 bits per heavy atom. The molecule has 0 unspecified atom stereocenters. The number of nitriles is 1. The zero-order valence-electron chi connectivity index (χ0n) is 19.1. The van der Waals surface area contributed by atoms with Crippen molar-refractivity contribution < 1.29 is 9.90 Å². The minimum Gasteiger partial charge on any atom is -0.390 e. The van der Waals surface area contributed by atoms with E-state index in [1.54, 1.807) is 17.1 Å². The molecule has 5 nitrogen and oxygen atoms in total. The smallest absolute Gasteiger partial charge is 0.138 e. The van der Waals surface area contributed by atoms with Crippen molar-refractivity contribution in [2.24, 2.45) is 40.9 Å². The van der Waals surface area contributed by atoms with Gasteiger partial charge in [-0.05, 0) is 99.7 Å². The first kappa shape index (κ1) is 21.2. The average Bonchev–Trinajstić information content (AvgIpc) is 3.34. The van der Waals surface area contributed by atoms with E-state index in [9.17, 15) is 9.90 Å². The Morgan fingerprint density at radius 1 is 1.16 bits per heavy atom. The van der Waals surface area contributed by atoms with E-state index in [0.717, 1.165) is 37.0 Å². The summed E-state index contributed by atoms with van der Waals surface area (Å²) in [5.74, 6) is 4.39. The minimum atomic E-state index is -0.454. The van der Waals surface area contributed by atoms with Crippen molar-refractivity contribution in [3.8, 4) is 6.07 Å². The normalized spacial score (nSPS) is 44.1. The summed E-state index contributed by atoms with van der Waals surface area (Å²) in [4.78, 5) is 13.3. The molecule has 0 bridgehead atoms. The second kappa shape index (κ2) is 7.73. The second-order valence-corrected chi connectivity index (χ2v) is 11.7. The first-order valence-electron chi connectivity index (χ1n) is 12.5. The molecule has 1 aromatic heterocycles. The lowest BCUT2D eigenvalue weighted by atomic mass is 9.49. The molecule has 5 heteroatoms. The topological polar surface area (TPSA) is 78.9 Å². The quantitative estimate of drug-likeness (QED) is 0.759. The molecule has 0 amide bonds. The molecule has 4 aliphatic carbocycles. The highest BCUT2D eigenvalue weighted by molar-refractivity contribution is 5.82. The van der Waals surface area contributed by atoms with Gasteiger partial charge in [0.15, 0.2) is 0 Å². The van der Waals surface area contributed by atoms with E-state index in [2.05, 4.69) is 18.1 Å². The largest absolute Gasteiger partial charge is 0.390 e. The third kappa shape index (κ3) is 3.65. The molecule has 1 heterocycles. The van der Waals surface area contributed by atoms with Crippen LogP contribution >= 0.6 is 0 Å². The fourth-order valence-corrected chi connectivity index (χ4v) is 8.55. The number of ketones is 1. The number of fused-ring (bicyclic) bond motifs is 5. The Balaban J connectivity index is 1.25. The monoisotopic (exact) mass is 423 g/mol.